The van der Waals surface area contributed by atoms with E-state index >= 15 is 0 Å². The van der Waals surface area contributed by atoms with Crippen molar-refractivity contribution in [1.29, 1.82) is 0 Å². The highest BCUT2D eigenvalue weighted by molar-refractivity contribution is 6.33. The van der Waals surface area contributed by atoms with E-state index in [1.807, 2.05) is 6.92 Å². The molecule has 1 heterocycles. The number of Topliss-reactive ketones (excluding diaryl/α,β-unsaturated/α-hetero) is 1. The third-order valence-corrected chi connectivity index (χ3v) is 4.12. The summed E-state index contributed by atoms with van der Waals surface area (Å²) in [5, 5.41) is 1.11. The second kappa shape index (κ2) is 5.17. The summed E-state index contributed by atoms with van der Waals surface area (Å²) in [6.07, 6.45) is 0.229. The highest BCUT2D eigenvalue weighted by atomic mass is 35.5. The van der Waals surface area contributed by atoms with Gasteiger partial charge in [0.05, 0.1) is 18.6 Å². The molecule has 0 aliphatic carbocycles. The van der Waals surface area contributed by atoms with E-state index < -0.39 is 5.41 Å². The minimum Gasteiger partial charge on any atom is -0.379 e. The molecule has 0 aromatic heterocycles. The maximum Gasteiger partial charge on any atom is 0.147 e. The van der Waals surface area contributed by atoms with E-state index in [1.165, 1.54) is 0 Å². The Morgan fingerprint density at radius 1 is 1.56 bits per heavy atom. The molecule has 1 aromatic carbocycles. The number of ether oxygens (including phenoxy) is 1. The zero-order chi connectivity index (χ0) is 13.3. The molecular weight excluding hydrogens is 273 g/mol. The van der Waals surface area contributed by atoms with Crippen LogP contribution < -0.4 is 5.73 Å². The summed E-state index contributed by atoms with van der Waals surface area (Å²) in [5.74, 6) is 0.0386. The fourth-order valence-electron chi connectivity index (χ4n) is 2.03. The first-order valence-electron chi connectivity index (χ1n) is 5.74. The Morgan fingerprint density at radius 3 is 2.89 bits per heavy atom. The first-order valence-corrected chi connectivity index (χ1v) is 6.49. The predicted octanol–water partition coefficient (Wildman–Crippen LogP) is 2.47. The van der Waals surface area contributed by atoms with Crippen molar-refractivity contribution < 1.29 is 9.53 Å². The van der Waals surface area contributed by atoms with Crippen molar-refractivity contribution in [3.63, 3.8) is 0 Å². The molecule has 1 fully saturated rings. The lowest BCUT2D eigenvalue weighted by Crippen LogP contribution is -2.45. The number of rotatable bonds is 3. The van der Waals surface area contributed by atoms with Gasteiger partial charge in [-0.05, 0) is 30.7 Å². The van der Waals surface area contributed by atoms with Gasteiger partial charge >= 0.3 is 0 Å². The average Bonchev–Trinajstić information content (AvgIpc) is 2.66. The van der Waals surface area contributed by atoms with Gasteiger partial charge in [-0.1, -0.05) is 23.2 Å². The minimum atomic E-state index is -0.633. The molecule has 5 heteroatoms. The molecule has 2 atom stereocenters. The molecule has 2 N–H and O–H groups in total. The molecule has 0 saturated carbocycles. The number of carbonyl (C=O) groups excluding carboxylic acids is 1. The van der Waals surface area contributed by atoms with Gasteiger partial charge < -0.3 is 10.5 Å². The van der Waals surface area contributed by atoms with Gasteiger partial charge in [0.25, 0.3) is 0 Å². The van der Waals surface area contributed by atoms with Crippen molar-refractivity contribution >= 4 is 29.0 Å². The summed E-state index contributed by atoms with van der Waals surface area (Å²) in [4.78, 5) is 12.3. The molecule has 2 unspecified atom stereocenters. The van der Waals surface area contributed by atoms with Gasteiger partial charge in [-0.2, -0.15) is 0 Å². The van der Waals surface area contributed by atoms with Gasteiger partial charge in [0.15, 0.2) is 0 Å². The highest BCUT2D eigenvalue weighted by Crippen LogP contribution is 2.31. The fraction of sp³-hybridized carbons (Fsp3) is 0.462. The Morgan fingerprint density at radius 2 is 2.28 bits per heavy atom. The fourth-order valence-corrected chi connectivity index (χ4v) is 2.41. The summed E-state index contributed by atoms with van der Waals surface area (Å²) < 4.78 is 5.28. The molecule has 0 radical (unpaired) electrons. The van der Waals surface area contributed by atoms with Crippen LogP contribution in [0, 0.1) is 5.41 Å². The van der Waals surface area contributed by atoms with Crippen molar-refractivity contribution in [2.24, 2.45) is 11.1 Å². The lowest BCUT2D eigenvalue weighted by molar-refractivity contribution is -0.127. The Balaban J connectivity index is 2.19. The quantitative estimate of drug-likeness (QED) is 0.929. The molecule has 0 bridgehead atoms. The van der Waals surface area contributed by atoms with Crippen molar-refractivity contribution in [3.05, 3.63) is 33.8 Å². The van der Waals surface area contributed by atoms with Crippen molar-refractivity contribution in [2.45, 2.75) is 19.4 Å². The largest absolute Gasteiger partial charge is 0.379 e. The van der Waals surface area contributed by atoms with Gasteiger partial charge in [0, 0.05) is 22.5 Å². The summed E-state index contributed by atoms with van der Waals surface area (Å²) in [7, 11) is 0. The zero-order valence-corrected chi connectivity index (χ0v) is 11.6. The maximum atomic E-state index is 12.3. The van der Waals surface area contributed by atoms with E-state index in [9.17, 15) is 4.79 Å². The first kappa shape index (κ1) is 13.8. The SMILES string of the molecule is CC1(C(=O)Cc2cc(Cl)ccc2Cl)COCC1N. The number of hydrogen-bond acceptors (Lipinski definition) is 3. The van der Waals surface area contributed by atoms with Gasteiger partial charge in [0.2, 0.25) is 0 Å². The zero-order valence-electron chi connectivity index (χ0n) is 10.1. The molecule has 1 aromatic rings. The number of carbonyl (C=O) groups is 1. The van der Waals surface area contributed by atoms with E-state index in [2.05, 4.69) is 0 Å². The van der Waals surface area contributed by atoms with Crippen molar-refractivity contribution in [3.8, 4) is 0 Å². The van der Waals surface area contributed by atoms with Crippen LogP contribution in [0.5, 0.6) is 0 Å². The molecule has 1 saturated heterocycles. The van der Waals surface area contributed by atoms with Crippen LogP contribution in [0.3, 0.4) is 0 Å². The van der Waals surface area contributed by atoms with Crippen molar-refractivity contribution in [1.82, 2.24) is 0 Å². The molecule has 18 heavy (non-hydrogen) atoms. The molecule has 0 amide bonds. The van der Waals surface area contributed by atoms with E-state index in [0.717, 1.165) is 5.56 Å². The maximum absolute atomic E-state index is 12.3. The predicted molar refractivity (Wildman–Crippen MR) is 72.1 cm³/mol. The lowest BCUT2D eigenvalue weighted by atomic mass is 9.79. The van der Waals surface area contributed by atoms with Crippen LogP contribution in [0.4, 0.5) is 0 Å². The summed E-state index contributed by atoms with van der Waals surface area (Å²) >= 11 is 12.0. The van der Waals surface area contributed by atoms with Crippen LogP contribution >= 0.6 is 23.2 Å². The summed E-state index contributed by atoms with van der Waals surface area (Å²) in [6, 6.07) is 4.85. The molecule has 0 spiro atoms. The van der Waals surface area contributed by atoms with Gasteiger partial charge in [-0.15, -0.1) is 0 Å². The molecule has 2 rings (SSSR count). The number of benzene rings is 1. The van der Waals surface area contributed by atoms with Crippen LogP contribution in [0.15, 0.2) is 18.2 Å². The second-order valence-electron chi connectivity index (χ2n) is 4.87. The van der Waals surface area contributed by atoms with Gasteiger partial charge in [-0.3, -0.25) is 4.79 Å². The van der Waals surface area contributed by atoms with Gasteiger partial charge in [-0.25, -0.2) is 0 Å². The summed E-state index contributed by atoms with van der Waals surface area (Å²) in [5.41, 5.74) is 6.03. The lowest BCUT2D eigenvalue weighted by Gasteiger charge is -2.25. The van der Waals surface area contributed by atoms with E-state index in [4.69, 9.17) is 33.7 Å². The van der Waals surface area contributed by atoms with Crippen molar-refractivity contribution in [2.75, 3.05) is 13.2 Å². The molecule has 98 valence electrons. The third-order valence-electron chi connectivity index (χ3n) is 3.51. The van der Waals surface area contributed by atoms with E-state index in [1.54, 1.807) is 18.2 Å². The van der Waals surface area contributed by atoms with E-state index in [0.29, 0.717) is 23.3 Å². The Bertz CT molecular complexity index is 478. The molecule has 1 aliphatic rings. The van der Waals surface area contributed by atoms with Crippen LogP contribution in [-0.2, 0) is 16.0 Å². The van der Waals surface area contributed by atoms with Crippen LogP contribution in [0.25, 0.3) is 0 Å². The minimum absolute atomic E-state index is 0.0386. The summed E-state index contributed by atoms with van der Waals surface area (Å²) in [6.45, 7) is 2.63. The first-order chi connectivity index (χ1) is 8.43. The Hall–Kier alpha value is -0.610. The second-order valence-corrected chi connectivity index (χ2v) is 5.72. The average molecular weight is 288 g/mol. The monoisotopic (exact) mass is 287 g/mol. The standard InChI is InChI=1S/C13H15Cl2NO2/c1-13(7-18-6-11(13)16)12(17)5-8-4-9(14)2-3-10(8)15/h2-4,11H,5-7,16H2,1H3. The number of nitrogens with two attached hydrogens (primary N) is 1. The number of hydrogen-bond donors (Lipinski definition) is 1. The van der Waals surface area contributed by atoms with E-state index in [-0.39, 0.29) is 18.2 Å². The topological polar surface area (TPSA) is 52.3 Å². The number of halogens is 2. The van der Waals surface area contributed by atoms with Crippen LogP contribution in [0.2, 0.25) is 10.0 Å². The van der Waals surface area contributed by atoms with Gasteiger partial charge in [0.1, 0.15) is 5.78 Å². The highest BCUT2D eigenvalue weighted by Gasteiger charge is 2.43. The molecular formula is C13H15Cl2NO2. The Labute approximate surface area is 116 Å². The third kappa shape index (κ3) is 2.54. The Kier molecular flexibility index (Phi) is 3.97. The van der Waals surface area contributed by atoms with Crippen LogP contribution in [-0.4, -0.2) is 25.0 Å². The molecule has 1 aliphatic heterocycles. The van der Waals surface area contributed by atoms with Crippen LogP contribution in [0.1, 0.15) is 12.5 Å². The normalized spacial score (nSPS) is 27.4. The molecule has 3 nitrogen and oxygen atoms in total. The number of ketones is 1. The smallest absolute Gasteiger partial charge is 0.147 e.